The highest BCUT2D eigenvalue weighted by Gasteiger charge is 2.35. The van der Waals surface area contributed by atoms with E-state index >= 15 is 0 Å². The fraction of sp³-hybridized carbons (Fsp3) is 0.0952. The predicted molar refractivity (Wildman–Crippen MR) is 188 cm³/mol. The molecule has 0 spiro atoms. The van der Waals surface area contributed by atoms with E-state index in [2.05, 4.69) is 162 Å². The second-order valence-electron chi connectivity index (χ2n) is 12.0. The molecule has 0 N–H and O–H groups in total. The smallest absolute Gasteiger partial charge is 0.160 e. The SMILES string of the molecule is C1=CCC2C(=C1)c1cc(-c3ccc(N(C4=CCCC=C4)c4ccccc4)c4oc5ccccc5c34)ccc1N2c1ccccc1. The lowest BCUT2D eigenvalue weighted by Gasteiger charge is -2.28. The number of rotatable bonds is 5. The van der Waals surface area contributed by atoms with Crippen LogP contribution in [0.15, 0.2) is 162 Å². The van der Waals surface area contributed by atoms with Gasteiger partial charge in [-0.25, -0.2) is 0 Å². The molecule has 2 heterocycles. The van der Waals surface area contributed by atoms with Crippen LogP contribution in [0, 0.1) is 0 Å². The van der Waals surface area contributed by atoms with Gasteiger partial charge in [-0.15, -0.1) is 0 Å². The first-order valence-corrected chi connectivity index (χ1v) is 15.9. The van der Waals surface area contributed by atoms with Crippen molar-refractivity contribution in [2.75, 3.05) is 9.80 Å². The van der Waals surface area contributed by atoms with Crippen molar-refractivity contribution >= 4 is 50.3 Å². The highest BCUT2D eigenvalue weighted by Crippen LogP contribution is 2.50. The van der Waals surface area contributed by atoms with Crippen LogP contribution in [0.5, 0.6) is 0 Å². The fourth-order valence-corrected chi connectivity index (χ4v) is 7.35. The zero-order chi connectivity index (χ0) is 29.7. The number of fused-ring (bicyclic) bond motifs is 6. The number of furan rings is 1. The summed E-state index contributed by atoms with van der Waals surface area (Å²) in [5, 5.41) is 2.28. The number of nitrogens with zero attached hydrogens (tertiary/aromatic N) is 2. The summed E-state index contributed by atoms with van der Waals surface area (Å²) in [4.78, 5) is 4.85. The van der Waals surface area contributed by atoms with Gasteiger partial charge >= 0.3 is 0 Å². The van der Waals surface area contributed by atoms with Gasteiger partial charge in [-0.2, -0.15) is 0 Å². The minimum atomic E-state index is 0.302. The van der Waals surface area contributed by atoms with Crippen LogP contribution in [0.3, 0.4) is 0 Å². The van der Waals surface area contributed by atoms with Crippen LogP contribution in [-0.2, 0) is 0 Å². The van der Waals surface area contributed by atoms with E-state index in [1.807, 2.05) is 0 Å². The number of hydrogen-bond donors (Lipinski definition) is 0. The lowest BCUT2D eigenvalue weighted by atomic mass is 9.92. The number of para-hydroxylation sites is 3. The Morgan fingerprint density at radius 3 is 2.40 bits per heavy atom. The molecule has 0 bridgehead atoms. The zero-order valence-corrected chi connectivity index (χ0v) is 24.9. The van der Waals surface area contributed by atoms with Crippen LogP contribution in [0.4, 0.5) is 22.7 Å². The summed E-state index contributed by atoms with van der Waals surface area (Å²) in [6.07, 6.45) is 16.7. The Kier molecular flexibility index (Phi) is 6.09. The quantitative estimate of drug-likeness (QED) is 0.202. The maximum atomic E-state index is 6.77. The molecule has 1 aromatic heterocycles. The standard InChI is InChI=1S/C42H32N2O/c1-4-14-30(15-5-1)43(31-16-6-2-7-17-31)39-27-25-33(41-35-21-11-13-23-40(35)45-42(39)41)29-24-26-38-36(28-29)34-20-10-12-22-37(34)44(38)32-18-8-3-9-19-32/h1,3-6,8-21,23-28,37H,2,7,22H2. The van der Waals surface area contributed by atoms with E-state index in [-0.39, 0.29) is 0 Å². The molecule has 45 heavy (non-hydrogen) atoms. The van der Waals surface area contributed by atoms with Gasteiger partial charge in [0.05, 0.1) is 11.7 Å². The van der Waals surface area contributed by atoms with Crippen molar-refractivity contribution in [1.29, 1.82) is 0 Å². The van der Waals surface area contributed by atoms with Gasteiger partial charge in [-0.1, -0.05) is 97.1 Å². The molecule has 5 aromatic carbocycles. The average Bonchev–Trinajstić information content (AvgIpc) is 3.66. The number of allylic oxidation sites excluding steroid dienone is 5. The van der Waals surface area contributed by atoms with Crippen molar-refractivity contribution in [1.82, 2.24) is 0 Å². The normalized spacial score (nSPS) is 16.9. The summed E-state index contributed by atoms with van der Waals surface area (Å²) < 4.78 is 6.77. The first-order valence-electron chi connectivity index (χ1n) is 15.9. The molecular weight excluding hydrogens is 548 g/mol. The maximum absolute atomic E-state index is 6.77. The molecule has 0 fully saturated rings. The van der Waals surface area contributed by atoms with Gasteiger partial charge in [0.15, 0.2) is 5.58 Å². The van der Waals surface area contributed by atoms with E-state index in [0.29, 0.717) is 6.04 Å². The largest absolute Gasteiger partial charge is 0.454 e. The summed E-state index contributed by atoms with van der Waals surface area (Å²) in [6, 6.07) is 41.7. The second kappa shape index (κ2) is 10.6. The summed E-state index contributed by atoms with van der Waals surface area (Å²) in [7, 11) is 0. The van der Waals surface area contributed by atoms with Gasteiger partial charge in [-0.3, -0.25) is 0 Å². The molecule has 216 valence electrons. The number of hydrogen-bond acceptors (Lipinski definition) is 3. The second-order valence-corrected chi connectivity index (χ2v) is 12.0. The maximum Gasteiger partial charge on any atom is 0.160 e. The lowest BCUT2D eigenvalue weighted by Crippen LogP contribution is -2.26. The topological polar surface area (TPSA) is 19.6 Å². The molecular formula is C42H32N2O. The first-order chi connectivity index (χ1) is 22.3. The van der Waals surface area contributed by atoms with E-state index < -0.39 is 0 Å². The first kappa shape index (κ1) is 25.9. The van der Waals surface area contributed by atoms with Gasteiger partial charge in [0.2, 0.25) is 0 Å². The summed E-state index contributed by atoms with van der Waals surface area (Å²) >= 11 is 0. The Balaban J connectivity index is 1.26. The molecule has 2 aliphatic carbocycles. The Hall–Kier alpha value is -5.54. The van der Waals surface area contributed by atoms with Crippen LogP contribution in [0.25, 0.3) is 38.6 Å². The summed E-state index contributed by atoms with van der Waals surface area (Å²) in [5.41, 5.74) is 12.7. The Morgan fingerprint density at radius 2 is 1.56 bits per heavy atom. The van der Waals surface area contributed by atoms with Crippen molar-refractivity contribution in [2.45, 2.75) is 25.3 Å². The van der Waals surface area contributed by atoms with Gasteiger partial charge in [0.25, 0.3) is 0 Å². The monoisotopic (exact) mass is 580 g/mol. The molecule has 3 heteroatoms. The molecule has 3 aliphatic rings. The van der Waals surface area contributed by atoms with Crippen molar-refractivity contribution in [3.63, 3.8) is 0 Å². The summed E-state index contributed by atoms with van der Waals surface area (Å²) in [5.74, 6) is 0. The number of anilines is 4. The number of benzene rings is 5. The summed E-state index contributed by atoms with van der Waals surface area (Å²) in [6.45, 7) is 0. The average molecular weight is 581 g/mol. The Morgan fingerprint density at radius 1 is 0.733 bits per heavy atom. The van der Waals surface area contributed by atoms with Crippen LogP contribution in [0.2, 0.25) is 0 Å². The molecule has 0 radical (unpaired) electrons. The van der Waals surface area contributed by atoms with E-state index in [0.717, 1.165) is 52.6 Å². The zero-order valence-electron chi connectivity index (χ0n) is 24.9. The minimum absolute atomic E-state index is 0.302. The Labute approximate surface area is 263 Å². The van der Waals surface area contributed by atoms with Crippen LogP contribution in [0.1, 0.15) is 24.8 Å². The highest BCUT2D eigenvalue weighted by atomic mass is 16.3. The molecule has 9 rings (SSSR count). The third-order valence-corrected chi connectivity index (χ3v) is 9.35. The van der Waals surface area contributed by atoms with Gasteiger partial charge in [0, 0.05) is 39.1 Å². The fourth-order valence-electron chi connectivity index (χ4n) is 7.35. The van der Waals surface area contributed by atoms with E-state index in [9.17, 15) is 0 Å². The van der Waals surface area contributed by atoms with E-state index in [4.69, 9.17) is 4.42 Å². The van der Waals surface area contributed by atoms with Crippen molar-refractivity contribution < 1.29 is 4.42 Å². The molecule has 0 amide bonds. The molecule has 6 aromatic rings. The van der Waals surface area contributed by atoms with E-state index in [1.165, 1.54) is 39.3 Å². The van der Waals surface area contributed by atoms with Crippen molar-refractivity contribution in [3.05, 3.63) is 163 Å². The van der Waals surface area contributed by atoms with Gasteiger partial charge in [0.1, 0.15) is 5.58 Å². The molecule has 1 unspecified atom stereocenters. The molecule has 1 aliphatic heterocycles. The lowest BCUT2D eigenvalue weighted by molar-refractivity contribution is 0.669. The van der Waals surface area contributed by atoms with Crippen molar-refractivity contribution in [3.8, 4) is 11.1 Å². The molecule has 0 saturated carbocycles. The highest BCUT2D eigenvalue weighted by molar-refractivity contribution is 6.16. The van der Waals surface area contributed by atoms with Crippen LogP contribution in [-0.4, -0.2) is 6.04 Å². The van der Waals surface area contributed by atoms with E-state index in [1.54, 1.807) is 0 Å². The predicted octanol–water partition coefficient (Wildman–Crippen LogP) is 11.5. The minimum Gasteiger partial charge on any atom is -0.454 e. The third-order valence-electron chi connectivity index (χ3n) is 9.35. The van der Waals surface area contributed by atoms with Gasteiger partial charge in [-0.05, 0) is 90.6 Å². The van der Waals surface area contributed by atoms with Crippen LogP contribution >= 0.6 is 0 Å². The Bertz CT molecular complexity index is 2200. The molecule has 1 atom stereocenters. The molecule has 3 nitrogen and oxygen atoms in total. The third kappa shape index (κ3) is 4.19. The van der Waals surface area contributed by atoms with Crippen molar-refractivity contribution in [2.24, 2.45) is 0 Å². The van der Waals surface area contributed by atoms with Gasteiger partial charge < -0.3 is 14.2 Å². The van der Waals surface area contributed by atoms with Crippen LogP contribution < -0.4 is 9.80 Å². The molecule has 0 saturated heterocycles.